The maximum absolute atomic E-state index is 12.9. The largest absolute Gasteiger partial charge is 0.335 e. The molecule has 0 bridgehead atoms. The van der Waals surface area contributed by atoms with E-state index in [9.17, 15) is 4.79 Å². The van der Waals surface area contributed by atoms with Gasteiger partial charge >= 0.3 is 0 Å². The number of rotatable bonds is 4. The van der Waals surface area contributed by atoms with Crippen LogP contribution in [0.15, 0.2) is 70.6 Å². The molecule has 0 aromatic heterocycles. The predicted molar refractivity (Wildman–Crippen MR) is 105 cm³/mol. The van der Waals surface area contributed by atoms with Crippen molar-refractivity contribution in [3.8, 4) is 0 Å². The monoisotopic (exact) mass is 347 g/mol. The van der Waals surface area contributed by atoms with Crippen LogP contribution in [-0.4, -0.2) is 17.2 Å². The number of allylic oxidation sites excluding steroid dienone is 1. The molecule has 1 aliphatic heterocycles. The van der Waals surface area contributed by atoms with Crippen molar-refractivity contribution in [1.82, 2.24) is 4.90 Å². The molecule has 0 amide bonds. The fourth-order valence-electron chi connectivity index (χ4n) is 3.46. The summed E-state index contributed by atoms with van der Waals surface area (Å²) in [5.41, 5.74) is 5.40. The lowest BCUT2D eigenvalue weighted by molar-refractivity contribution is 0.103. The highest BCUT2D eigenvalue weighted by molar-refractivity contribution is 8.06. The van der Waals surface area contributed by atoms with Crippen LogP contribution in [-0.2, 0) is 6.42 Å². The van der Waals surface area contributed by atoms with Crippen LogP contribution in [0.4, 0.5) is 0 Å². The van der Waals surface area contributed by atoms with Gasteiger partial charge in [0.2, 0.25) is 0 Å². The predicted octanol–water partition coefficient (Wildman–Crippen LogP) is 5.48. The topological polar surface area (TPSA) is 20.3 Å². The van der Waals surface area contributed by atoms with Gasteiger partial charge in [-0.1, -0.05) is 79.7 Å². The van der Waals surface area contributed by atoms with Gasteiger partial charge in [0.1, 0.15) is 0 Å². The average molecular weight is 347 g/mol. The van der Waals surface area contributed by atoms with E-state index in [-0.39, 0.29) is 5.78 Å². The number of carbonyl (C=O) groups excluding carboxylic acids is 1. The fraction of sp³-hybridized carbons (Fsp3) is 0.227. The summed E-state index contributed by atoms with van der Waals surface area (Å²) in [6, 6.07) is 18.5. The summed E-state index contributed by atoms with van der Waals surface area (Å²) in [6.07, 6.45) is 3.00. The van der Waals surface area contributed by atoms with Crippen LogP contribution in [0, 0.1) is 0 Å². The second-order valence-corrected chi connectivity index (χ2v) is 7.30. The zero-order chi connectivity index (χ0) is 17.2. The van der Waals surface area contributed by atoms with Crippen molar-refractivity contribution < 1.29 is 4.79 Å². The second kappa shape index (κ2) is 6.93. The number of fused-ring (bicyclic) bond motifs is 1. The van der Waals surface area contributed by atoms with Crippen molar-refractivity contribution in [2.45, 2.75) is 26.2 Å². The Balaban J connectivity index is 1.72. The summed E-state index contributed by atoms with van der Waals surface area (Å²) in [4.78, 5) is 15.3. The standard InChI is InChI=1S/C22H21NOS/c1-2-3-13-23-20(16-9-5-4-6-10-16)15-25-22(23)19-14-17-11-7-8-12-18(17)21(19)24/h4-12,15H,2-3,13-14H2,1H3. The third-order valence-corrected chi connectivity index (χ3v) is 5.82. The van der Waals surface area contributed by atoms with Crippen molar-refractivity contribution in [3.63, 3.8) is 0 Å². The molecule has 126 valence electrons. The Bertz CT molecular complexity index is 867. The van der Waals surface area contributed by atoms with E-state index in [1.807, 2.05) is 24.3 Å². The molecule has 0 radical (unpaired) electrons. The van der Waals surface area contributed by atoms with Gasteiger partial charge in [-0.3, -0.25) is 4.79 Å². The number of hydrogen-bond acceptors (Lipinski definition) is 3. The minimum atomic E-state index is 0.197. The number of nitrogens with zero attached hydrogens (tertiary/aromatic N) is 1. The first kappa shape index (κ1) is 16.2. The van der Waals surface area contributed by atoms with Crippen LogP contribution >= 0.6 is 11.8 Å². The van der Waals surface area contributed by atoms with Gasteiger partial charge in [0.05, 0.1) is 10.7 Å². The molecule has 2 nitrogen and oxygen atoms in total. The van der Waals surface area contributed by atoms with Crippen LogP contribution in [0.2, 0.25) is 0 Å². The van der Waals surface area contributed by atoms with Gasteiger partial charge in [0, 0.05) is 29.5 Å². The number of benzene rings is 2. The highest BCUT2D eigenvalue weighted by Crippen LogP contribution is 2.44. The normalized spacial score (nSPS) is 19.3. The van der Waals surface area contributed by atoms with Crippen molar-refractivity contribution in [2.75, 3.05) is 6.54 Å². The van der Waals surface area contributed by atoms with Gasteiger partial charge < -0.3 is 4.90 Å². The first-order chi connectivity index (χ1) is 12.3. The first-order valence-corrected chi connectivity index (χ1v) is 9.73. The van der Waals surface area contributed by atoms with E-state index in [0.29, 0.717) is 0 Å². The first-order valence-electron chi connectivity index (χ1n) is 8.85. The molecular weight excluding hydrogens is 326 g/mol. The highest BCUT2D eigenvalue weighted by Gasteiger charge is 2.32. The second-order valence-electron chi connectivity index (χ2n) is 6.44. The molecule has 25 heavy (non-hydrogen) atoms. The molecule has 0 N–H and O–H groups in total. The number of carbonyl (C=O) groups is 1. The molecule has 0 saturated heterocycles. The number of ketones is 1. The van der Waals surface area contributed by atoms with E-state index in [0.717, 1.165) is 47.5 Å². The van der Waals surface area contributed by atoms with Gasteiger partial charge in [-0.15, -0.1) is 0 Å². The average Bonchev–Trinajstić information content (AvgIpc) is 3.22. The van der Waals surface area contributed by atoms with Crippen LogP contribution in [0.3, 0.4) is 0 Å². The Kier molecular flexibility index (Phi) is 4.50. The molecular formula is C22H21NOS. The minimum absolute atomic E-state index is 0.197. The van der Waals surface area contributed by atoms with Crippen LogP contribution in [0.5, 0.6) is 0 Å². The minimum Gasteiger partial charge on any atom is -0.335 e. The Morgan fingerprint density at radius 2 is 1.80 bits per heavy atom. The van der Waals surface area contributed by atoms with Gasteiger partial charge in [0.25, 0.3) is 0 Å². The Labute approximate surface area is 153 Å². The molecule has 0 atom stereocenters. The molecule has 2 aromatic carbocycles. The van der Waals surface area contributed by atoms with Gasteiger partial charge in [0.15, 0.2) is 5.78 Å². The maximum atomic E-state index is 12.9. The Hall–Kier alpha value is -2.26. The molecule has 0 saturated carbocycles. The fourth-order valence-corrected chi connectivity index (χ4v) is 4.57. The lowest BCUT2D eigenvalue weighted by atomic mass is 10.1. The smallest absolute Gasteiger partial charge is 0.192 e. The Morgan fingerprint density at radius 3 is 2.56 bits per heavy atom. The molecule has 0 unspecified atom stereocenters. The summed E-state index contributed by atoms with van der Waals surface area (Å²) < 4.78 is 0. The summed E-state index contributed by atoms with van der Waals surface area (Å²) in [7, 11) is 0. The van der Waals surface area contributed by atoms with Crippen molar-refractivity contribution in [3.05, 3.63) is 87.3 Å². The van der Waals surface area contributed by atoms with E-state index < -0.39 is 0 Å². The summed E-state index contributed by atoms with van der Waals surface area (Å²) in [5, 5.41) is 3.32. The molecule has 3 heteroatoms. The van der Waals surface area contributed by atoms with Gasteiger partial charge in [-0.05, 0) is 17.5 Å². The zero-order valence-corrected chi connectivity index (χ0v) is 15.2. The van der Waals surface area contributed by atoms with Crippen molar-refractivity contribution in [2.24, 2.45) is 0 Å². The lowest BCUT2D eigenvalue weighted by Crippen LogP contribution is -2.20. The molecule has 4 rings (SSSR count). The van der Waals surface area contributed by atoms with E-state index in [2.05, 4.69) is 47.6 Å². The highest BCUT2D eigenvalue weighted by atomic mass is 32.2. The summed E-state index contributed by atoms with van der Waals surface area (Å²) in [5.74, 6) is 0.197. The van der Waals surface area contributed by atoms with Crippen LogP contribution in [0.25, 0.3) is 5.70 Å². The Morgan fingerprint density at radius 1 is 1.04 bits per heavy atom. The number of unbranched alkanes of at least 4 members (excludes halogenated alkanes) is 1. The van der Waals surface area contributed by atoms with Crippen LogP contribution in [0.1, 0.15) is 41.3 Å². The van der Waals surface area contributed by atoms with E-state index in [4.69, 9.17) is 0 Å². The quantitative estimate of drug-likeness (QED) is 0.683. The number of hydrogen-bond donors (Lipinski definition) is 0. The van der Waals surface area contributed by atoms with E-state index >= 15 is 0 Å². The number of Topliss-reactive ketones (excluding diaryl/α,β-unsaturated/α-hetero) is 1. The molecule has 1 aliphatic carbocycles. The third kappa shape index (κ3) is 2.93. The van der Waals surface area contributed by atoms with Gasteiger partial charge in [-0.25, -0.2) is 0 Å². The SMILES string of the molecule is CCCCN1C(c2ccccc2)=CSC1=C1Cc2ccccc2C1=O. The van der Waals surface area contributed by atoms with Crippen molar-refractivity contribution >= 4 is 23.2 Å². The molecule has 0 spiro atoms. The summed E-state index contributed by atoms with van der Waals surface area (Å²) >= 11 is 1.70. The van der Waals surface area contributed by atoms with E-state index in [1.54, 1.807) is 11.8 Å². The molecule has 2 aliphatic rings. The van der Waals surface area contributed by atoms with Gasteiger partial charge in [-0.2, -0.15) is 0 Å². The summed E-state index contributed by atoms with van der Waals surface area (Å²) in [6.45, 7) is 3.16. The van der Waals surface area contributed by atoms with Crippen LogP contribution < -0.4 is 0 Å². The number of thioether (sulfide) groups is 1. The van der Waals surface area contributed by atoms with E-state index in [1.165, 1.54) is 11.3 Å². The molecule has 0 fully saturated rings. The zero-order valence-electron chi connectivity index (χ0n) is 14.4. The third-order valence-electron chi connectivity index (χ3n) is 4.78. The van der Waals surface area contributed by atoms with Crippen molar-refractivity contribution in [1.29, 1.82) is 0 Å². The lowest BCUT2D eigenvalue weighted by Gasteiger charge is -2.25. The molecule has 1 heterocycles. The molecule has 2 aromatic rings. The maximum Gasteiger partial charge on any atom is 0.192 e.